The van der Waals surface area contributed by atoms with Crippen molar-refractivity contribution in [1.29, 1.82) is 0 Å². The summed E-state index contributed by atoms with van der Waals surface area (Å²) in [6, 6.07) is 7.93. The molecule has 0 amide bonds. The van der Waals surface area contributed by atoms with Crippen LogP contribution >= 0.6 is 0 Å². The minimum absolute atomic E-state index is 0.769. The summed E-state index contributed by atoms with van der Waals surface area (Å²) in [5, 5.41) is 5.92. The summed E-state index contributed by atoms with van der Waals surface area (Å²) < 4.78 is 5.48. The molecular weight excluding hydrogens is 188 g/mol. The highest BCUT2D eigenvalue weighted by Crippen LogP contribution is 2.11. The van der Waals surface area contributed by atoms with Gasteiger partial charge in [0.15, 0.2) is 0 Å². The molecule has 0 N–H and O–H groups in total. The van der Waals surface area contributed by atoms with E-state index in [0.29, 0.717) is 0 Å². The van der Waals surface area contributed by atoms with Gasteiger partial charge < -0.3 is 9.75 Å². The van der Waals surface area contributed by atoms with Crippen LogP contribution in [0.3, 0.4) is 0 Å². The monoisotopic (exact) mass is 206 g/mol. The predicted molar refractivity (Wildman–Crippen MR) is 63.5 cm³/mol. The van der Waals surface area contributed by atoms with Gasteiger partial charge in [0.2, 0.25) is 0 Å². The van der Waals surface area contributed by atoms with Crippen molar-refractivity contribution >= 4 is 6.21 Å². The van der Waals surface area contributed by atoms with Crippen molar-refractivity contribution in [1.82, 2.24) is 5.01 Å². The summed E-state index contributed by atoms with van der Waals surface area (Å²) >= 11 is 0. The van der Waals surface area contributed by atoms with Gasteiger partial charge in [0.05, 0.1) is 12.8 Å². The van der Waals surface area contributed by atoms with Gasteiger partial charge in [0, 0.05) is 14.1 Å². The fourth-order valence-electron chi connectivity index (χ4n) is 1.05. The topological polar surface area (TPSA) is 24.8 Å². The summed E-state index contributed by atoms with van der Waals surface area (Å²) in [7, 11) is 3.80. The molecule has 1 aromatic carbocycles. The highest BCUT2D eigenvalue weighted by molar-refractivity contribution is 5.79. The van der Waals surface area contributed by atoms with Crippen molar-refractivity contribution in [3.8, 4) is 5.75 Å². The zero-order valence-electron chi connectivity index (χ0n) is 9.60. The highest BCUT2D eigenvalue weighted by atomic mass is 16.5. The smallest absolute Gasteiger partial charge is 0.119 e. The number of hydrazone groups is 1. The van der Waals surface area contributed by atoms with Crippen LogP contribution in [0.1, 0.15) is 18.9 Å². The maximum atomic E-state index is 5.48. The number of rotatable bonds is 5. The molecule has 0 bridgehead atoms. The lowest BCUT2D eigenvalue weighted by Crippen LogP contribution is -2.01. The first-order valence-electron chi connectivity index (χ1n) is 5.16. The normalized spacial score (nSPS) is 10.6. The second-order valence-electron chi connectivity index (χ2n) is 3.51. The van der Waals surface area contributed by atoms with E-state index in [9.17, 15) is 0 Å². The van der Waals surface area contributed by atoms with Crippen LogP contribution in [-0.4, -0.2) is 31.9 Å². The SMILES string of the molecule is CCCOc1ccc(/C=N/N(C)C)cc1. The molecule has 0 heterocycles. The molecule has 0 saturated carbocycles. The molecule has 0 unspecified atom stereocenters. The van der Waals surface area contributed by atoms with Gasteiger partial charge >= 0.3 is 0 Å². The fraction of sp³-hybridized carbons (Fsp3) is 0.417. The lowest BCUT2D eigenvalue weighted by Gasteiger charge is -2.05. The Kier molecular flexibility index (Phi) is 4.68. The van der Waals surface area contributed by atoms with E-state index in [1.165, 1.54) is 0 Å². The molecule has 0 aliphatic heterocycles. The molecule has 0 saturated heterocycles. The number of benzene rings is 1. The van der Waals surface area contributed by atoms with E-state index < -0.39 is 0 Å². The van der Waals surface area contributed by atoms with Crippen LogP contribution in [0.5, 0.6) is 5.75 Å². The van der Waals surface area contributed by atoms with E-state index in [4.69, 9.17) is 4.74 Å². The fourth-order valence-corrected chi connectivity index (χ4v) is 1.05. The average molecular weight is 206 g/mol. The quantitative estimate of drug-likeness (QED) is 0.546. The Hall–Kier alpha value is -1.51. The summed E-state index contributed by atoms with van der Waals surface area (Å²) in [5.74, 6) is 0.916. The van der Waals surface area contributed by atoms with E-state index in [1.54, 1.807) is 5.01 Å². The molecule has 1 rings (SSSR count). The molecule has 0 atom stereocenters. The first-order valence-corrected chi connectivity index (χ1v) is 5.16. The van der Waals surface area contributed by atoms with Crippen molar-refractivity contribution in [2.45, 2.75) is 13.3 Å². The summed E-state index contributed by atoms with van der Waals surface area (Å²) in [5.41, 5.74) is 1.08. The van der Waals surface area contributed by atoms with Crippen LogP contribution in [-0.2, 0) is 0 Å². The Morgan fingerprint density at radius 3 is 2.47 bits per heavy atom. The molecule has 1 aromatic rings. The molecule has 3 nitrogen and oxygen atoms in total. The summed E-state index contributed by atoms with van der Waals surface area (Å²) in [6.45, 7) is 2.86. The van der Waals surface area contributed by atoms with Crippen molar-refractivity contribution in [2.75, 3.05) is 20.7 Å². The molecule has 0 aliphatic rings. The van der Waals surface area contributed by atoms with Crippen LogP contribution < -0.4 is 4.74 Å². The Balaban J connectivity index is 2.56. The zero-order valence-corrected chi connectivity index (χ0v) is 9.60. The van der Waals surface area contributed by atoms with Gasteiger partial charge in [-0.3, -0.25) is 0 Å². The second kappa shape index (κ2) is 6.06. The van der Waals surface area contributed by atoms with E-state index in [1.807, 2.05) is 44.6 Å². The minimum atomic E-state index is 0.769. The number of ether oxygens (including phenoxy) is 1. The van der Waals surface area contributed by atoms with Gasteiger partial charge in [-0.1, -0.05) is 6.92 Å². The Bertz CT molecular complexity index is 304. The molecule has 0 aliphatic carbocycles. The first kappa shape index (κ1) is 11.6. The van der Waals surface area contributed by atoms with Gasteiger partial charge in [-0.2, -0.15) is 5.10 Å². The third kappa shape index (κ3) is 4.49. The molecule has 0 aromatic heterocycles. The van der Waals surface area contributed by atoms with Gasteiger partial charge in [-0.25, -0.2) is 0 Å². The Morgan fingerprint density at radius 1 is 1.27 bits per heavy atom. The Labute approximate surface area is 91.4 Å². The van der Waals surface area contributed by atoms with E-state index >= 15 is 0 Å². The third-order valence-corrected chi connectivity index (χ3v) is 1.79. The second-order valence-corrected chi connectivity index (χ2v) is 3.51. The van der Waals surface area contributed by atoms with Gasteiger partial charge in [0.25, 0.3) is 0 Å². The first-order chi connectivity index (χ1) is 7.22. The van der Waals surface area contributed by atoms with Crippen LogP contribution in [0.4, 0.5) is 0 Å². The van der Waals surface area contributed by atoms with Crippen molar-refractivity contribution in [3.63, 3.8) is 0 Å². The maximum absolute atomic E-state index is 5.48. The van der Waals surface area contributed by atoms with Crippen LogP contribution in [0.15, 0.2) is 29.4 Å². The number of hydrogen-bond acceptors (Lipinski definition) is 3. The van der Waals surface area contributed by atoms with Crippen molar-refractivity contribution < 1.29 is 4.74 Å². The molecule has 15 heavy (non-hydrogen) atoms. The molecule has 0 radical (unpaired) electrons. The molecular formula is C12H18N2O. The van der Waals surface area contributed by atoms with Crippen LogP contribution in [0.25, 0.3) is 0 Å². The highest BCUT2D eigenvalue weighted by Gasteiger charge is 1.92. The van der Waals surface area contributed by atoms with E-state index in [0.717, 1.165) is 24.3 Å². The average Bonchev–Trinajstić information content (AvgIpc) is 2.25. The summed E-state index contributed by atoms with van der Waals surface area (Å²) in [4.78, 5) is 0. The predicted octanol–water partition coefficient (Wildman–Crippen LogP) is 2.37. The lowest BCUT2D eigenvalue weighted by atomic mass is 10.2. The molecule has 0 fully saturated rings. The van der Waals surface area contributed by atoms with Gasteiger partial charge in [0.1, 0.15) is 5.75 Å². The third-order valence-electron chi connectivity index (χ3n) is 1.79. The number of hydrogen-bond donors (Lipinski definition) is 0. The van der Waals surface area contributed by atoms with Gasteiger partial charge in [-0.15, -0.1) is 0 Å². The van der Waals surface area contributed by atoms with Crippen LogP contribution in [0.2, 0.25) is 0 Å². The lowest BCUT2D eigenvalue weighted by molar-refractivity contribution is 0.317. The Morgan fingerprint density at radius 2 is 1.93 bits per heavy atom. The molecule has 82 valence electrons. The van der Waals surface area contributed by atoms with Crippen LogP contribution in [0, 0.1) is 0 Å². The maximum Gasteiger partial charge on any atom is 0.119 e. The number of nitrogens with zero attached hydrogens (tertiary/aromatic N) is 2. The standard InChI is InChI=1S/C12H18N2O/c1-4-9-15-12-7-5-11(6-8-12)10-13-14(2)3/h5-8,10H,4,9H2,1-3H3/b13-10+. The largest absolute Gasteiger partial charge is 0.494 e. The van der Waals surface area contributed by atoms with E-state index in [-0.39, 0.29) is 0 Å². The molecule has 0 spiro atoms. The van der Waals surface area contributed by atoms with Crippen molar-refractivity contribution in [2.24, 2.45) is 5.10 Å². The zero-order chi connectivity index (χ0) is 11.1. The minimum Gasteiger partial charge on any atom is -0.494 e. The summed E-state index contributed by atoms with van der Waals surface area (Å²) in [6.07, 6.45) is 2.85. The van der Waals surface area contributed by atoms with E-state index in [2.05, 4.69) is 12.0 Å². The molecule has 3 heteroatoms. The van der Waals surface area contributed by atoms with Crippen molar-refractivity contribution in [3.05, 3.63) is 29.8 Å². The van der Waals surface area contributed by atoms with Gasteiger partial charge in [-0.05, 0) is 36.2 Å².